The first-order chi connectivity index (χ1) is 15.9. The Morgan fingerprint density at radius 2 is 1.68 bits per heavy atom. The van der Waals surface area contributed by atoms with Crippen molar-refractivity contribution in [2.75, 3.05) is 23.4 Å². The molecule has 0 atom stereocenters. The smallest absolute Gasteiger partial charge is 0.397 e. The van der Waals surface area contributed by atoms with Crippen molar-refractivity contribution in [1.82, 2.24) is 14.4 Å². The normalized spacial score (nSPS) is 11.8. The number of rotatable bonds is 7. The maximum atomic E-state index is 12.6. The van der Waals surface area contributed by atoms with Gasteiger partial charge in [-0.05, 0) is 46.9 Å². The van der Waals surface area contributed by atoms with Crippen LogP contribution in [-0.2, 0) is 19.7 Å². The number of carbonyl (C=O) groups excluding carboxylic acids is 1. The molecule has 4 N–H and O–H groups in total. The molecule has 15 heteroatoms. The van der Waals surface area contributed by atoms with Crippen LogP contribution < -0.4 is 16.4 Å². The number of benzene rings is 2. The molecule has 3 aromatic rings. The minimum atomic E-state index is -5.37. The molecule has 1 heterocycles. The number of aromatic nitrogens is 2. The van der Waals surface area contributed by atoms with Gasteiger partial charge in [-0.2, -0.15) is 13.2 Å². The average molecular weight is 517 g/mol. The third kappa shape index (κ3) is 6.03. The number of nitrogen functional groups attached to an aromatic ring is 1. The number of carbonyl (C=O) groups is 1. The molecule has 0 bridgehead atoms. The van der Waals surface area contributed by atoms with E-state index in [-0.39, 0.29) is 21.7 Å². The first kappa shape index (κ1) is 25.0. The zero-order chi connectivity index (χ0) is 25.1. The minimum absolute atomic E-state index is 0.0766. The summed E-state index contributed by atoms with van der Waals surface area (Å²) in [4.78, 5) is 22.5. The highest BCUT2D eigenvalue weighted by Gasteiger charge is 2.43. The number of nitrogens with one attached hydrogen (secondary N) is 2. The molecule has 0 fully saturated rings. The molecule has 0 radical (unpaired) electrons. The molecule has 180 valence electrons. The van der Waals surface area contributed by atoms with Crippen LogP contribution in [0.4, 0.5) is 41.9 Å². The van der Waals surface area contributed by atoms with Gasteiger partial charge in [-0.1, -0.05) is 11.6 Å². The second kappa shape index (κ2) is 9.70. The number of hydrogen-bond donors (Lipinski definition) is 3. The van der Waals surface area contributed by atoms with Crippen molar-refractivity contribution < 1.29 is 31.2 Å². The van der Waals surface area contributed by atoms with Gasteiger partial charge >= 0.3 is 12.1 Å². The van der Waals surface area contributed by atoms with E-state index in [1.165, 1.54) is 18.5 Å². The zero-order valence-electron chi connectivity index (χ0n) is 17.2. The first-order valence-corrected chi connectivity index (χ1v) is 11.0. The van der Waals surface area contributed by atoms with Crippen molar-refractivity contribution in [2.45, 2.75) is 11.1 Å². The summed E-state index contributed by atoms with van der Waals surface area (Å²) >= 11 is 5.86. The molecule has 0 aliphatic rings. The summed E-state index contributed by atoms with van der Waals surface area (Å²) in [5, 5.41) is 6.40. The third-order valence-electron chi connectivity index (χ3n) is 4.15. The molecule has 10 nitrogen and oxygen atoms in total. The number of sulfonamides is 1. The maximum absolute atomic E-state index is 12.6. The quantitative estimate of drug-likeness (QED) is 0.315. The summed E-state index contributed by atoms with van der Waals surface area (Å²) < 4.78 is 62.1. The fourth-order valence-electron chi connectivity index (χ4n) is 2.48. The first-order valence-electron chi connectivity index (χ1n) is 9.15. The number of nitrogens with two attached hydrogens (primary N) is 1. The fraction of sp³-hybridized carbons (Fsp3) is 0.105. The van der Waals surface area contributed by atoms with Crippen LogP contribution in [0.5, 0.6) is 0 Å². The largest absolute Gasteiger partial charge is 0.492 e. The molecule has 34 heavy (non-hydrogen) atoms. The third-order valence-corrected chi connectivity index (χ3v) is 6.00. The van der Waals surface area contributed by atoms with Crippen LogP contribution in [0.2, 0.25) is 5.02 Å². The Morgan fingerprint density at radius 1 is 1.06 bits per heavy atom. The van der Waals surface area contributed by atoms with Crippen molar-refractivity contribution in [2.24, 2.45) is 0 Å². The van der Waals surface area contributed by atoms with E-state index in [1.54, 1.807) is 24.3 Å². The van der Waals surface area contributed by atoms with Crippen LogP contribution in [0.15, 0.2) is 59.8 Å². The van der Waals surface area contributed by atoms with Gasteiger partial charge in [0.05, 0.1) is 16.3 Å². The zero-order valence-corrected chi connectivity index (χ0v) is 18.7. The van der Waals surface area contributed by atoms with Crippen molar-refractivity contribution in [3.05, 3.63) is 59.9 Å². The van der Waals surface area contributed by atoms with Gasteiger partial charge in [-0.25, -0.2) is 23.2 Å². The van der Waals surface area contributed by atoms with Crippen molar-refractivity contribution in [3.8, 4) is 0 Å². The topological polar surface area (TPSA) is 140 Å². The predicted molar refractivity (Wildman–Crippen MR) is 118 cm³/mol. The van der Waals surface area contributed by atoms with Crippen molar-refractivity contribution in [3.63, 3.8) is 0 Å². The van der Waals surface area contributed by atoms with E-state index in [1.807, 2.05) is 0 Å². The van der Waals surface area contributed by atoms with E-state index >= 15 is 0 Å². The molecule has 0 aliphatic carbocycles. The molecule has 0 spiro atoms. The van der Waals surface area contributed by atoms with E-state index in [9.17, 15) is 26.4 Å². The second-order valence-corrected chi connectivity index (χ2v) is 8.96. The highest BCUT2D eigenvalue weighted by atomic mass is 35.5. The van der Waals surface area contributed by atoms with Gasteiger partial charge in [0.15, 0.2) is 0 Å². The van der Waals surface area contributed by atoms with Crippen LogP contribution in [0.1, 0.15) is 0 Å². The van der Waals surface area contributed by atoms with Gasteiger partial charge in [-0.3, -0.25) is 0 Å². The van der Waals surface area contributed by atoms with Crippen LogP contribution in [0, 0.1) is 0 Å². The lowest BCUT2D eigenvalue weighted by Crippen LogP contribution is -2.36. The SMILES string of the molecule is CN(OC(=O)C(F)(F)F)S(=O)(=O)c1ccc(N)c(Nc2cc(Nc3ccc(Cl)cc3)ncn2)c1. The van der Waals surface area contributed by atoms with Crippen molar-refractivity contribution >= 4 is 56.3 Å². The van der Waals surface area contributed by atoms with Crippen molar-refractivity contribution in [1.29, 1.82) is 0 Å². The van der Waals surface area contributed by atoms with Gasteiger partial charge in [0.25, 0.3) is 10.0 Å². The van der Waals surface area contributed by atoms with Crippen LogP contribution in [-0.4, -0.2) is 42.0 Å². The summed E-state index contributed by atoms with van der Waals surface area (Å²) in [6.07, 6.45) is -4.13. The Kier molecular flexibility index (Phi) is 7.14. The number of hydroxylamine groups is 1. The molecule has 0 unspecified atom stereocenters. The molecule has 0 saturated heterocycles. The highest BCUT2D eigenvalue weighted by molar-refractivity contribution is 7.89. The standard InChI is InChI=1S/C19H16ClF3N6O4S/c1-29(33-18(30)19(21,22)23)34(31,32)13-6-7-14(24)15(8-13)28-17-9-16(25-10-26-17)27-12-4-2-11(20)3-5-12/h2-10H,24H2,1H3,(H2,25,26,27,28). The van der Waals surface area contributed by atoms with Crippen LogP contribution in [0.25, 0.3) is 0 Å². The maximum Gasteiger partial charge on any atom is 0.492 e. The van der Waals surface area contributed by atoms with E-state index in [0.29, 0.717) is 23.6 Å². The summed E-state index contributed by atoms with van der Waals surface area (Å²) in [7, 11) is -3.99. The molecule has 3 rings (SSSR count). The molecule has 0 aliphatic heterocycles. The molecule has 2 aromatic carbocycles. The molecule has 0 saturated carbocycles. The van der Waals surface area contributed by atoms with E-state index in [4.69, 9.17) is 17.3 Å². The van der Waals surface area contributed by atoms with Crippen LogP contribution in [0.3, 0.4) is 0 Å². The monoisotopic (exact) mass is 516 g/mol. The fourth-order valence-corrected chi connectivity index (χ4v) is 3.58. The number of anilines is 5. The van der Waals surface area contributed by atoms with Gasteiger partial charge < -0.3 is 21.2 Å². The molecule has 0 amide bonds. The lowest BCUT2D eigenvalue weighted by atomic mass is 10.2. The highest BCUT2D eigenvalue weighted by Crippen LogP contribution is 2.28. The Labute approximate surface area is 196 Å². The number of alkyl halides is 3. The second-order valence-electron chi connectivity index (χ2n) is 6.59. The summed E-state index contributed by atoms with van der Waals surface area (Å²) in [5.41, 5.74) is 6.77. The minimum Gasteiger partial charge on any atom is -0.397 e. The summed E-state index contributed by atoms with van der Waals surface area (Å²) in [6.45, 7) is 0. The van der Waals surface area contributed by atoms with Gasteiger partial charge in [0.1, 0.15) is 18.0 Å². The van der Waals surface area contributed by atoms with Gasteiger partial charge in [0.2, 0.25) is 0 Å². The summed E-state index contributed by atoms with van der Waals surface area (Å²) in [6, 6.07) is 11.6. The Balaban J connectivity index is 1.81. The van der Waals surface area contributed by atoms with Gasteiger partial charge in [0, 0.05) is 23.8 Å². The average Bonchev–Trinajstić information content (AvgIpc) is 2.76. The number of hydrogen-bond acceptors (Lipinski definition) is 9. The molecule has 1 aromatic heterocycles. The predicted octanol–water partition coefficient (Wildman–Crippen LogP) is 3.84. The molecular formula is C19H16ClF3N6O4S. The Morgan fingerprint density at radius 3 is 2.29 bits per heavy atom. The van der Waals surface area contributed by atoms with Crippen LogP contribution >= 0.6 is 11.6 Å². The Hall–Kier alpha value is -3.62. The van der Waals surface area contributed by atoms with Gasteiger partial charge in [-0.15, -0.1) is 0 Å². The number of halogens is 4. The van der Waals surface area contributed by atoms with E-state index in [2.05, 4.69) is 25.4 Å². The molecular weight excluding hydrogens is 501 g/mol. The lowest BCUT2D eigenvalue weighted by Gasteiger charge is -2.18. The lowest BCUT2D eigenvalue weighted by molar-refractivity contribution is -0.219. The Bertz CT molecular complexity index is 1310. The van der Waals surface area contributed by atoms with E-state index in [0.717, 1.165) is 12.1 Å². The summed E-state index contributed by atoms with van der Waals surface area (Å²) in [5.74, 6) is -2.07. The van der Waals surface area contributed by atoms with E-state index < -0.39 is 27.1 Å². The number of nitrogens with zero attached hydrogens (tertiary/aromatic N) is 3.